The van der Waals surface area contributed by atoms with Crippen LogP contribution in [0.25, 0.3) is 0 Å². The Hall–Kier alpha value is -0.400. The molecule has 0 aliphatic heterocycles. The Kier molecular flexibility index (Phi) is 6.31. The molecule has 1 aromatic rings. The number of hydrogen-bond donors (Lipinski definition) is 1. The zero-order chi connectivity index (χ0) is 19.5. The first-order chi connectivity index (χ1) is 11.9. The van der Waals surface area contributed by atoms with Crippen LogP contribution in [0, 0.1) is 11.3 Å². The maximum Gasteiger partial charge on any atom is 1.00 e. The average Bonchev–Trinajstić information content (AvgIpc) is 2.52. The molecule has 0 radical (unpaired) electrons. The van der Waals surface area contributed by atoms with Gasteiger partial charge < -0.3 is 9.66 Å². The van der Waals surface area contributed by atoms with Gasteiger partial charge in [-0.1, -0.05) is 33.3 Å². The number of carboxylic acids is 1. The van der Waals surface area contributed by atoms with Gasteiger partial charge >= 0.3 is 35.5 Å². The van der Waals surface area contributed by atoms with E-state index in [-0.39, 0.29) is 46.3 Å². The Labute approximate surface area is 184 Å². The number of benzene rings is 1. The quantitative estimate of drug-likeness (QED) is 0.597. The summed E-state index contributed by atoms with van der Waals surface area (Å²) in [5.74, 6) is -0.923. The van der Waals surface area contributed by atoms with Gasteiger partial charge in [-0.2, -0.15) is 0 Å². The second kappa shape index (κ2) is 7.45. The van der Waals surface area contributed by atoms with Gasteiger partial charge in [0, 0.05) is 0 Å². The van der Waals surface area contributed by atoms with Crippen LogP contribution in [0.5, 0.6) is 0 Å². The monoisotopic (exact) mass is 402 g/mol. The Balaban J connectivity index is 0.00000261. The van der Waals surface area contributed by atoms with Crippen LogP contribution in [0.15, 0.2) is 17.0 Å². The molecule has 0 amide bonds. The van der Waals surface area contributed by atoms with Crippen molar-refractivity contribution >= 4 is 16.1 Å². The predicted molar refractivity (Wildman–Crippen MR) is 97.3 cm³/mol. The van der Waals surface area contributed by atoms with Crippen molar-refractivity contribution in [1.82, 2.24) is 0 Å². The van der Waals surface area contributed by atoms with Gasteiger partial charge in [0.15, 0.2) is 0 Å². The zero-order valence-corrected chi connectivity index (χ0v) is 19.6. The molecule has 0 spiro atoms. The molecule has 0 saturated heterocycles. The molecule has 3 rings (SSSR count). The van der Waals surface area contributed by atoms with E-state index in [0.717, 1.165) is 36.8 Å². The number of aliphatic carboxylic acids is 1. The molecule has 144 valence electrons. The van der Waals surface area contributed by atoms with E-state index in [2.05, 4.69) is 0 Å². The summed E-state index contributed by atoms with van der Waals surface area (Å²) in [7, 11) is -4.59. The maximum atomic E-state index is 12.0. The fraction of sp³-hybridized carbons (Fsp3) is 0.650. The van der Waals surface area contributed by atoms with Crippen molar-refractivity contribution < 1.29 is 52.4 Å². The summed E-state index contributed by atoms with van der Waals surface area (Å²) < 4.78 is 35.7. The molecule has 1 aromatic carbocycles. The summed E-state index contributed by atoms with van der Waals surface area (Å²) in [4.78, 5) is 11.9. The third kappa shape index (κ3) is 3.64. The van der Waals surface area contributed by atoms with Crippen molar-refractivity contribution in [2.24, 2.45) is 11.3 Å². The Morgan fingerprint density at radius 1 is 1.26 bits per heavy atom. The summed E-state index contributed by atoms with van der Waals surface area (Å²) >= 11 is 0. The third-order valence-corrected chi connectivity index (χ3v) is 7.76. The molecular formula is C20H27NaO5S. The zero-order valence-electron chi connectivity index (χ0n) is 16.8. The third-order valence-electron chi connectivity index (χ3n) is 6.86. The van der Waals surface area contributed by atoms with Gasteiger partial charge in [0.1, 0.15) is 10.1 Å². The first-order valence-corrected chi connectivity index (χ1v) is 10.7. The molecule has 2 aliphatic carbocycles. The van der Waals surface area contributed by atoms with E-state index >= 15 is 0 Å². The van der Waals surface area contributed by atoms with E-state index in [1.165, 1.54) is 0 Å². The summed E-state index contributed by atoms with van der Waals surface area (Å²) in [6.45, 7) is 7.63. The number of carboxylic acid groups (broad SMARTS) is 1. The molecule has 7 heteroatoms. The van der Waals surface area contributed by atoms with E-state index in [9.17, 15) is 22.9 Å². The van der Waals surface area contributed by atoms with Crippen molar-refractivity contribution in [3.8, 4) is 0 Å². The molecular weight excluding hydrogens is 375 g/mol. The number of rotatable bonds is 3. The van der Waals surface area contributed by atoms with E-state index in [0.29, 0.717) is 12.0 Å². The molecule has 1 N–H and O–H groups in total. The van der Waals surface area contributed by atoms with Crippen molar-refractivity contribution in [3.63, 3.8) is 0 Å². The number of fused-ring (bicyclic) bond motifs is 3. The molecule has 0 aromatic heterocycles. The van der Waals surface area contributed by atoms with Gasteiger partial charge in [0.05, 0.1) is 10.3 Å². The normalized spacial score (nSPS) is 30.2. The summed E-state index contributed by atoms with van der Waals surface area (Å²) in [5.41, 5.74) is 1.25. The van der Waals surface area contributed by atoms with Crippen LogP contribution in [0.4, 0.5) is 0 Å². The van der Waals surface area contributed by atoms with Gasteiger partial charge in [-0.25, -0.2) is 8.42 Å². The van der Waals surface area contributed by atoms with E-state index in [4.69, 9.17) is 0 Å². The summed E-state index contributed by atoms with van der Waals surface area (Å²) in [6, 6.07) is 3.44. The van der Waals surface area contributed by atoms with Crippen LogP contribution >= 0.6 is 0 Å². The topological polar surface area (TPSA) is 94.5 Å². The van der Waals surface area contributed by atoms with Crippen LogP contribution in [0.2, 0.25) is 0 Å². The van der Waals surface area contributed by atoms with E-state index in [1.54, 1.807) is 6.07 Å². The van der Waals surface area contributed by atoms with Crippen molar-refractivity contribution in [1.29, 1.82) is 0 Å². The Morgan fingerprint density at radius 3 is 2.41 bits per heavy atom. The van der Waals surface area contributed by atoms with E-state index < -0.39 is 26.9 Å². The fourth-order valence-corrected chi connectivity index (χ4v) is 6.29. The van der Waals surface area contributed by atoms with Gasteiger partial charge in [-0.05, 0) is 72.6 Å². The molecule has 2 aliphatic rings. The minimum Gasteiger partial charge on any atom is -0.744 e. The van der Waals surface area contributed by atoms with Crippen LogP contribution in [-0.2, 0) is 26.7 Å². The van der Waals surface area contributed by atoms with E-state index in [1.807, 2.05) is 33.8 Å². The molecule has 1 fully saturated rings. The molecule has 27 heavy (non-hydrogen) atoms. The number of aryl methyl sites for hydroxylation is 1. The standard InChI is InChI=1S/C20H28O5S.Na/c1-12(2)14-10-13-6-7-17-19(3,8-5-9-20(17,4)18(21)22)15(13)11-16(14)26(23,24)25;/h10-12,17H,5-9H2,1-4H3,(H,21,22)(H,23,24,25);/q;+1/p-1/t17-,19+,20+;/m0./s1. The smallest absolute Gasteiger partial charge is 0.744 e. The van der Waals surface area contributed by atoms with Crippen LogP contribution in [0.3, 0.4) is 0 Å². The molecule has 5 nitrogen and oxygen atoms in total. The SMILES string of the molecule is CC(C)c1cc2c(cc1S(=O)(=O)[O-])[C@@]1(C)CCC[C@@](C)(C(=O)O)[C@H]1CC2.[Na+]. The molecule has 0 heterocycles. The largest absolute Gasteiger partial charge is 1.00 e. The van der Waals surface area contributed by atoms with Gasteiger partial charge in [-0.3, -0.25) is 4.79 Å². The van der Waals surface area contributed by atoms with Crippen LogP contribution in [0.1, 0.15) is 76.0 Å². The maximum absolute atomic E-state index is 12.0. The first-order valence-electron chi connectivity index (χ1n) is 9.28. The summed E-state index contributed by atoms with van der Waals surface area (Å²) in [5, 5.41) is 9.85. The van der Waals surface area contributed by atoms with Crippen LogP contribution in [-0.4, -0.2) is 24.0 Å². The fourth-order valence-electron chi connectivity index (χ4n) is 5.44. The Bertz CT molecular complexity index is 863. The molecule has 0 unspecified atom stereocenters. The minimum absolute atomic E-state index is 0. The molecule has 3 atom stereocenters. The van der Waals surface area contributed by atoms with Gasteiger partial charge in [0.2, 0.25) is 0 Å². The Morgan fingerprint density at radius 2 is 1.89 bits per heavy atom. The summed E-state index contributed by atoms with van der Waals surface area (Å²) in [6.07, 6.45) is 3.72. The average molecular weight is 402 g/mol. The van der Waals surface area contributed by atoms with Crippen molar-refractivity contribution in [2.75, 3.05) is 0 Å². The first kappa shape index (κ1) is 22.9. The second-order valence-corrected chi connectivity index (χ2v) is 10.1. The van der Waals surface area contributed by atoms with Crippen molar-refractivity contribution in [2.45, 2.75) is 76.0 Å². The van der Waals surface area contributed by atoms with Crippen molar-refractivity contribution in [3.05, 3.63) is 28.8 Å². The minimum atomic E-state index is -4.59. The molecule has 1 saturated carbocycles. The van der Waals surface area contributed by atoms with Gasteiger partial charge in [-0.15, -0.1) is 0 Å². The number of carbonyl (C=O) groups is 1. The molecule has 0 bridgehead atoms. The second-order valence-electron chi connectivity index (χ2n) is 8.74. The number of hydrogen-bond acceptors (Lipinski definition) is 4. The van der Waals surface area contributed by atoms with Crippen LogP contribution < -0.4 is 29.6 Å². The predicted octanol–water partition coefficient (Wildman–Crippen LogP) is 0.813. The van der Waals surface area contributed by atoms with Gasteiger partial charge in [0.25, 0.3) is 0 Å².